The molecular formula is C15H22ClNO2. The van der Waals surface area contributed by atoms with Crippen molar-refractivity contribution >= 4 is 17.6 Å². The van der Waals surface area contributed by atoms with Crippen molar-refractivity contribution in [2.24, 2.45) is 5.92 Å². The van der Waals surface area contributed by atoms with Crippen molar-refractivity contribution < 1.29 is 9.53 Å². The van der Waals surface area contributed by atoms with E-state index < -0.39 is 0 Å². The molecule has 0 aliphatic rings. The summed E-state index contributed by atoms with van der Waals surface area (Å²) < 4.78 is 4.91. The average Bonchev–Trinajstić information content (AvgIpc) is 2.38. The van der Waals surface area contributed by atoms with E-state index in [2.05, 4.69) is 13.8 Å². The number of hydrogen-bond acceptors (Lipinski definition) is 3. The lowest BCUT2D eigenvalue weighted by molar-refractivity contribution is -0.146. The number of hydrogen-bond donors (Lipinski definition) is 0. The van der Waals surface area contributed by atoms with Crippen molar-refractivity contribution in [1.82, 2.24) is 4.90 Å². The van der Waals surface area contributed by atoms with Gasteiger partial charge >= 0.3 is 5.97 Å². The Hall–Kier alpha value is -1.06. The second-order valence-corrected chi connectivity index (χ2v) is 5.58. The smallest absolute Gasteiger partial charge is 0.327 e. The van der Waals surface area contributed by atoms with Crippen LogP contribution in [0.4, 0.5) is 0 Å². The van der Waals surface area contributed by atoms with Crippen molar-refractivity contribution in [2.75, 3.05) is 20.7 Å². The van der Waals surface area contributed by atoms with Gasteiger partial charge in [-0.15, -0.1) is 0 Å². The summed E-state index contributed by atoms with van der Waals surface area (Å²) in [6.07, 6.45) is 1.04. The van der Waals surface area contributed by atoms with Gasteiger partial charge in [0.05, 0.1) is 7.11 Å². The van der Waals surface area contributed by atoms with Gasteiger partial charge < -0.3 is 4.74 Å². The zero-order valence-corrected chi connectivity index (χ0v) is 12.8. The molecule has 0 saturated carbocycles. The number of esters is 1. The van der Waals surface area contributed by atoms with Gasteiger partial charge in [-0.1, -0.05) is 37.6 Å². The first-order valence-electron chi connectivity index (χ1n) is 6.49. The van der Waals surface area contributed by atoms with Crippen LogP contribution in [0.3, 0.4) is 0 Å². The van der Waals surface area contributed by atoms with Gasteiger partial charge in [-0.3, -0.25) is 4.90 Å². The summed E-state index contributed by atoms with van der Waals surface area (Å²) in [5.74, 6) is 0.361. The predicted octanol–water partition coefficient (Wildman–Crippen LogP) is 3.53. The third kappa shape index (κ3) is 4.84. The Morgan fingerprint density at radius 3 is 2.37 bits per heavy atom. The Labute approximate surface area is 120 Å². The summed E-state index contributed by atoms with van der Waals surface area (Å²) in [6, 6.07) is 6.96. The third-order valence-corrected chi connectivity index (χ3v) is 3.36. The number of benzene rings is 1. The minimum atomic E-state index is -0.374. The van der Waals surface area contributed by atoms with E-state index in [1.54, 1.807) is 12.1 Å². The molecule has 19 heavy (non-hydrogen) atoms. The van der Waals surface area contributed by atoms with Gasteiger partial charge in [0.1, 0.15) is 6.04 Å². The van der Waals surface area contributed by atoms with E-state index in [0.29, 0.717) is 10.9 Å². The minimum absolute atomic E-state index is 0.242. The Morgan fingerprint density at radius 1 is 1.32 bits per heavy atom. The fraction of sp³-hybridized carbons (Fsp3) is 0.533. The molecule has 0 aromatic heterocycles. The van der Waals surface area contributed by atoms with Crippen LogP contribution in [0.1, 0.15) is 31.9 Å². The first-order valence-corrected chi connectivity index (χ1v) is 6.87. The third-order valence-electron chi connectivity index (χ3n) is 3.11. The number of nitrogens with zero attached hydrogens (tertiary/aromatic N) is 1. The minimum Gasteiger partial charge on any atom is -0.468 e. The predicted molar refractivity (Wildman–Crippen MR) is 78.3 cm³/mol. The molecule has 1 atom stereocenters. The SMILES string of the molecule is COC(=O)C(c1ccc(Cl)cc1)N(C)CCC(C)C. The highest BCUT2D eigenvalue weighted by Crippen LogP contribution is 2.23. The van der Waals surface area contributed by atoms with Crippen LogP contribution in [0.5, 0.6) is 0 Å². The molecule has 1 aromatic rings. The maximum absolute atomic E-state index is 12.0. The molecule has 0 aliphatic carbocycles. The number of methoxy groups -OCH3 is 1. The standard InChI is InChI=1S/C15H22ClNO2/c1-11(2)9-10-17(3)14(15(18)19-4)12-5-7-13(16)8-6-12/h5-8,11,14H,9-10H2,1-4H3. The molecule has 3 nitrogen and oxygen atoms in total. The normalized spacial score (nSPS) is 12.8. The zero-order valence-electron chi connectivity index (χ0n) is 12.0. The lowest BCUT2D eigenvalue weighted by atomic mass is 10.0. The van der Waals surface area contributed by atoms with Crippen LogP contribution < -0.4 is 0 Å². The molecule has 1 rings (SSSR count). The summed E-state index contributed by atoms with van der Waals surface area (Å²) in [4.78, 5) is 14.0. The average molecular weight is 284 g/mol. The highest BCUT2D eigenvalue weighted by molar-refractivity contribution is 6.30. The number of halogens is 1. The number of ether oxygens (including phenoxy) is 1. The van der Waals surface area contributed by atoms with Crippen LogP contribution in [0.25, 0.3) is 0 Å². The van der Waals surface area contributed by atoms with Crippen molar-refractivity contribution in [3.8, 4) is 0 Å². The van der Waals surface area contributed by atoms with Crippen LogP contribution in [0, 0.1) is 5.92 Å². The van der Waals surface area contributed by atoms with E-state index >= 15 is 0 Å². The highest BCUT2D eigenvalue weighted by atomic mass is 35.5. The van der Waals surface area contributed by atoms with E-state index in [1.165, 1.54) is 7.11 Å². The summed E-state index contributed by atoms with van der Waals surface area (Å²) in [5, 5.41) is 0.664. The first kappa shape index (κ1) is 16.0. The van der Waals surface area contributed by atoms with E-state index in [-0.39, 0.29) is 12.0 Å². The summed E-state index contributed by atoms with van der Waals surface area (Å²) >= 11 is 5.88. The fourth-order valence-corrected chi connectivity index (χ4v) is 2.04. The van der Waals surface area contributed by atoms with Gasteiger partial charge in [0.25, 0.3) is 0 Å². The van der Waals surface area contributed by atoms with Crippen LogP contribution in [0.15, 0.2) is 24.3 Å². The van der Waals surface area contributed by atoms with Crippen LogP contribution in [0.2, 0.25) is 5.02 Å². The van der Waals surface area contributed by atoms with Crippen molar-refractivity contribution in [3.05, 3.63) is 34.9 Å². The molecule has 1 unspecified atom stereocenters. The van der Waals surface area contributed by atoms with Crippen LogP contribution in [-0.2, 0) is 9.53 Å². The lowest BCUT2D eigenvalue weighted by Gasteiger charge is -2.26. The molecule has 0 fully saturated rings. The maximum Gasteiger partial charge on any atom is 0.327 e. The molecule has 0 N–H and O–H groups in total. The largest absolute Gasteiger partial charge is 0.468 e. The number of likely N-dealkylation sites (N-methyl/N-ethyl adjacent to an activating group) is 1. The zero-order chi connectivity index (χ0) is 14.4. The molecular weight excluding hydrogens is 262 g/mol. The van der Waals surface area contributed by atoms with Gasteiger partial charge in [-0.05, 0) is 43.6 Å². The molecule has 0 bridgehead atoms. The Bertz CT molecular complexity index is 403. The van der Waals surface area contributed by atoms with Gasteiger partial charge in [0, 0.05) is 5.02 Å². The second kappa shape index (κ2) is 7.51. The summed E-state index contributed by atoms with van der Waals surface area (Å²) in [6.45, 7) is 5.19. The molecule has 0 aliphatic heterocycles. The van der Waals surface area contributed by atoms with E-state index in [9.17, 15) is 4.79 Å². The fourth-order valence-electron chi connectivity index (χ4n) is 1.92. The van der Waals surface area contributed by atoms with Crippen molar-refractivity contribution in [1.29, 1.82) is 0 Å². The maximum atomic E-state index is 12.0. The van der Waals surface area contributed by atoms with Gasteiger partial charge in [-0.2, -0.15) is 0 Å². The first-order chi connectivity index (χ1) is 8.95. The van der Waals surface area contributed by atoms with E-state index in [4.69, 9.17) is 16.3 Å². The Morgan fingerprint density at radius 2 is 1.89 bits per heavy atom. The van der Waals surface area contributed by atoms with Crippen molar-refractivity contribution in [2.45, 2.75) is 26.3 Å². The molecule has 106 valence electrons. The van der Waals surface area contributed by atoms with Crippen LogP contribution in [-0.4, -0.2) is 31.6 Å². The molecule has 4 heteroatoms. The Balaban J connectivity index is 2.88. The molecule has 0 radical (unpaired) electrons. The van der Waals surface area contributed by atoms with Crippen LogP contribution >= 0.6 is 11.6 Å². The quantitative estimate of drug-likeness (QED) is 0.748. The number of carbonyl (C=O) groups is 1. The second-order valence-electron chi connectivity index (χ2n) is 5.14. The van der Waals surface area contributed by atoms with Gasteiger partial charge in [-0.25, -0.2) is 4.79 Å². The van der Waals surface area contributed by atoms with E-state index in [0.717, 1.165) is 18.5 Å². The van der Waals surface area contributed by atoms with Gasteiger partial charge in [0.15, 0.2) is 0 Å². The monoisotopic (exact) mass is 283 g/mol. The van der Waals surface area contributed by atoms with E-state index in [1.807, 2.05) is 24.1 Å². The molecule has 0 saturated heterocycles. The van der Waals surface area contributed by atoms with Crippen molar-refractivity contribution in [3.63, 3.8) is 0 Å². The summed E-state index contributed by atoms with van der Waals surface area (Å²) in [7, 11) is 3.36. The Kier molecular flexibility index (Phi) is 6.32. The molecule has 0 spiro atoms. The summed E-state index contributed by atoms with van der Waals surface area (Å²) in [5.41, 5.74) is 0.905. The van der Waals surface area contributed by atoms with Gasteiger partial charge in [0.2, 0.25) is 0 Å². The number of carbonyl (C=O) groups excluding carboxylic acids is 1. The molecule has 0 heterocycles. The lowest BCUT2D eigenvalue weighted by Crippen LogP contribution is -2.33. The highest BCUT2D eigenvalue weighted by Gasteiger charge is 2.25. The molecule has 0 amide bonds. The molecule has 1 aromatic carbocycles. The number of rotatable bonds is 6. The topological polar surface area (TPSA) is 29.5 Å².